The van der Waals surface area contributed by atoms with Crippen molar-refractivity contribution < 1.29 is 4.74 Å². The SMILES string of the molecule is CC1CNC(C)CCN(CC2(C)CCCO2)C1. The van der Waals surface area contributed by atoms with E-state index < -0.39 is 0 Å². The molecular weight excluding hydrogens is 212 g/mol. The van der Waals surface area contributed by atoms with Crippen LogP contribution in [0.1, 0.15) is 40.0 Å². The first-order chi connectivity index (χ1) is 8.07. The van der Waals surface area contributed by atoms with Gasteiger partial charge in [-0.2, -0.15) is 0 Å². The summed E-state index contributed by atoms with van der Waals surface area (Å²) in [7, 11) is 0. The van der Waals surface area contributed by atoms with E-state index in [9.17, 15) is 0 Å². The second kappa shape index (κ2) is 5.68. The van der Waals surface area contributed by atoms with E-state index in [0.29, 0.717) is 6.04 Å². The average molecular weight is 240 g/mol. The highest BCUT2D eigenvalue weighted by Gasteiger charge is 2.32. The van der Waals surface area contributed by atoms with Crippen molar-refractivity contribution in [2.75, 3.05) is 32.8 Å². The lowest BCUT2D eigenvalue weighted by Gasteiger charge is -2.36. The quantitative estimate of drug-likeness (QED) is 0.797. The largest absolute Gasteiger partial charge is 0.374 e. The van der Waals surface area contributed by atoms with Gasteiger partial charge in [0.05, 0.1) is 5.60 Å². The van der Waals surface area contributed by atoms with Crippen molar-refractivity contribution >= 4 is 0 Å². The molecule has 0 bridgehead atoms. The van der Waals surface area contributed by atoms with Crippen molar-refractivity contribution in [2.24, 2.45) is 5.92 Å². The topological polar surface area (TPSA) is 24.5 Å². The first-order valence-corrected chi connectivity index (χ1v) is 7.17. The van der Waals surface area contributed by atoms with Crippen LogP contribution in [0.5, 0.6) is 0 Å². The van der Waals surface area contributed by atoms with Crippen LogP contribution in [0.4, 0.5) is 0 Å². The van der Waals surface area contributed by atoms with Gasteiger partial charge in [-0.05, 0) is 52.1 Å². The molecule has 2 fully saturated rings. The fourth-order valence-electron chi connectivity index (χ4n) is 3.06. The van der Waals surface area contributed by atoms with Gasteiger partial charge in [-0.25, -0.2) is 0 Å². The van der Waals surface area contributed by atoms with Crippen molar-refractivity contribution in [3.05, 3.63) is 0 Å². The van der Waals surface area contributed by atoms with Crippen LogP contribution in [-0.2, 0) is 4.74 Å². The van der Waals surface area contributed by atoms with E-state index in [1.807, 2.05) is 0 Å². The first kappa shape index (κ1) is 13.3. The molecule has 0 saturated carbocycles. The summed E-state index contributed by atoms with van der Waals surface area (Å²) in [6.45, 7) is 12.6. The smallest absolute Gasteiger partial charge is 0.0781 e. The number of nitrogens with one attached hydrogen (secondary N) is 1. The molecule has 3 heteroatoms. The van der Waals surface area contributed by atoms with Crippen LogP contribution in [0.25, 0.3) is 0 Å². The molecule has 0 radical (unpaired) electrons. The lowest BCUT2D eigenvalue weighted by atomic mass is 10.00. The van der Waals surface area contributed by atoms with Gasteiger partial charge in [0.2, 0.25) is 0 Å². The standard InChI is InChI=1S/C14H28N2O/c1-12-9-15-13(2)5-7-16(10-12)11-14(3)6-4-8-17-14/h12-13,15H,4-11H2,1-3H3. The van der Waals surface area contributed by atoms with Gasteiger partial charge >= 0.3 is 0 Å². The minimum atomic E-state index is 0.121. The summed E-state index contributed by atoms with van der Waals surface area (Å²) in [5.41, 5.74) is 0.121. The van der Waals surface area contributed by atoms with E-state index >= 15 is 0 Å². The van der Waals surface area contributed by atoms with E-state index in [1.54, 1.807) is 0 Å². The zero-order valence-corrected chi connectivity index (χ0v) is 11.7. The van der Waals surface area contributed by atoms with Crippen LogP contribution in [-0.4, -0.2) is 49.3 Å². The molecule has 1 N–H and O–H groups in total. The molecule has 3 nitrogen and oxygen atoms in total. The Bertz CT molecular complexity index is 238. The predicted molar refractivity (Wildman–Crippen MR) is 71.3 cm³/mol. The van der Waals surface area contributed by atoms with E-state index in [2.05, 4.69) is 31.0 Å². The van der Waals surface area contributed by atoms with Gasteiger partial charge in [0.1, 0.15) is 0 Å². The third-order valence-corrected chi connectivity index (χ3v) is 4.12. The highest BCUT2D eigenvalue weighted by Crippen LogP contribution is 2.26. The third-order valence-electron chi connectivity index (χ3n) is 4.12. The van der Waals surface area contributed by atoms with Crippen molar-refractivity contribution in [1.29, 1.82) is 0 Å². The molecule has 100 valence electrons. The average Bonchev–Trinajstić information content (AvgIpc) is 2.68. The zero-order valence-electron chi connectivity index (χ0n) is 11.7. The molecule has 2 aliphatic rings. The van der Waals surface area contributed by atoms with E-state index in [4.69, 9.17) is 4.74 Å². The molecular formula is C14H28N2O. The monoisotopic (exact) mass is 240 g/mol. The van der Waals surface area contributed by atoms with Gasteiger partial charge < -0.3 is 15.0 Å². The van der Waals surface area contributed by atoms with Gasteiger partial charge in [-0.3, -0.25) is 0 Å². The van der Waals surface area contributed by atoms with Crippen LogP contribution >= 0.6 is 0 Å². The third kappa shape index (κ3) is 3.94. The van der Waals surface area contributed by atoms with Crippen LogP contribution < -0.4 is 5.32 Å². The molecule has 17 heavy (non-hydrogen) atoms. The van der Waals surface area contributed by atoms with Crippen molar-refractivity contribution in [3.8, 4) is 0 Å². The van der Waals surface area contributed by atoms with Crippen LogP contribution in [0.2, 0.25) is 0 Å². The normalized spacial score (nSPS) is 41.1. The summed E-state index contributed by atoms with van der Waals surface area (Å²) < 4.78 is 5.92. The zero-order chi connectivity index (χ0) is 12.3. The van der Waals surface area contributed by atoms with E-state index in [-0.39, 0.29) is 5.60 Å². The second-order valence-corrected chi connectivity index (χ2v) is 6.34. The number of hydrogen-bond donors (Lipinski definition) is 1. The molecule has 0 aliphatic carbocycles. The molecule has 0 aromatic heterocycles. The molecule has 2 aliphatic heterocycles. The summed E-state index contributed by atoms with van der Waals surface area (Å²) in [4.78, 5) is 2.62. The summed E-state index contributed by atoms with van der Waals surface area (Å²) in [5, 5.41) is 3.60. The van der Waals surface area contributed by atoms with Crippen molar-refractivity contribution in [3.63, 3.8) is 0 Å². The lowest BCUT2D eigenvalue weighted by Crippen LogP contribution is -2.47. The molecule has 0 spiro atoms. The number of nitrogens with zero attached hydrogens (tertiary/aromatic N) is 1. The highest BCUT2D eigenvalue weighted by atomic mass is 16.5. The Morgan fingerprint density at radius 2 is 2.24 bits per heavy atom. The molecule has 2 rings (SSSR count). The molecule has 3 atom stereocenters. The maximum Gasteiger partial charge on any atom is 0.0781 e. The summed E-state index contributed by atoms with van der Waals surface area (Å²) in [6, 6.07) is 0.651. The lowest BCUT2D eigenvalue weighted by molar-refractivity contribution is -0.0135. The number of ether oxygens (including phenoxy) is 1. The van der Waals surface area contributed by atoms with E-state index in [0.717, 1.165) is 25.6 Å². The molecule has 2 heterocycles. The van der Waals surface area contributed by atoms with Gasteiger partial charge in [-0.15, -0.1) is 0 Å². The molecule has 3 unspecified atom stereocenters. The summed E-state index contributed by atoms with van der Waals surface area (Å²) in [6.07, 6.45) is 3.71. The first-order valence-electron chi connectivity index (χ1n) is 7.17. The van der Waals surface area contributed by atoms with Gasteiger partial charge in [0.15, 0.2) is 0 Å². The Labute approximate surface area is 106 Å². The molecule has 0 amide bonds. The Kier molecular flexibility index (Phi) is 4.45. The Hall–Kier alpha value is -0.120. The van der Waals surface area contributed by atoms with Crippen molar-refractivity contribution in [1.82, 2.24) is 10.2 Å². The minimum absolute atomic E-state index is 0.121. The maximum atomic E-state index is 5.92. The van der Waals surface area contributed by atoms with Crippen LogP contribution in [0.15, 0.2) is 0 Å². The Balaban J connectivity index is 1.88. The predicted octanol–water partition coefficient (Wildman–Crippen LogP) is 1.88. The fraction of sp³-hybridized carbons (Fsp3) is 1.00. The van der Waals surface area contributed by atoms with Crippen LogP contribution in [0, 0.1) is 5.92 Å². The van der Waals surface area contributed by atoms with Crippen LogP contribution in [0.3, 0.4) is 0 Å². The van der Waals surface area contributed by atoms with E-state index in [1.165, 1.54) is 32.4 Å². The van der Waals surface area contributed by atoms with Gasteiger partial charge in [0.25, 0.3) is 0 Å². The fourth-order valence-corrected chi connectivity index (χ4v) is 3.06. The van der Waals surface area contributed by atoms with Crippen molar-refractivity contribution in [2.45, 2.75) is 51.7 Å². The molecule has 2 saturated heterocycles. The Morgan fingerprint density at radius 3 is 2.94 bits per heavy atom. The Morgan fingerprint density at radius 1 is 1.41 bits per heavy atom. The highest BCUT2D eigenvalue weighted by molar-refractivity contribution is 4.85. The summed E-state index contributed by atoms with van der Waals surface area (Å²) >= 11 is 0. The molecule has 0 aromatic carbocycles. The number of hydrogen-bond acceptors (Lipinski definition) is 3. The maximum absolute atomic E-state index is 5.92. The summed E-state index contributed by atoms with van der Waals surface area (Å²) in [5.74, 6) is 0.739. The molecule has 0 aromatic rings. The minimum Gasteiger partial charge on any atom is -0.374 e. The van der Waals surface area contributed by atoms with Gasteiger partial charge in [-0.1, -0.05) is 6.92 Å². The second-order valence-electron chi connectivity index (χ2n) is 6.34. The number of rotatable bonds is 2. The van der Waals surface area contributed by atoms with Gasteiger partial charge in [0, 0.05) is 25.7 Å².